The summed E-state index contributed by atoms with van der Waals surface area (Å²) in [7, 11) is 0. The Bertz CT molecular complexity index is 760. The van der Waals surface area contributed by atoms with E-state index in [2.05, 4.69) is 9.47 Å². The fraction of sp³-hybridized carbons (Fsp3) is 0.556. The van der Waals surface area contributed by atoms with Crippen LogP contribution in [0.3, 0.4) is 0 Å². The molecule has 1 aromatic carbocycles. The lowest BCUT2D eigenvalue weighted by atomic mass is 10.2. The van der Waals surface area contributed by atoms with Crippen molar-refractivity contribution in [3.8, 4) is 0 Å². The van der Waals surface area contributed by atoms with Gasteiger partial charge in [0.25, 0.3) is 0 Å². The lowest BCUT2D eigenvalue weighted by molar-refractivity contribution is 0.186. The highest BCUT2D eigenvalue weighted by Crippen LogP contribution is 2.29. The monoisotopic (exact) mass is 346 g/mol. The SMILES string of the molecule is Fc1ccc(CN(Cn2nc3n(c2=S)CCCCC3)C2CC2)cc1. The normalized spacial score (nSPS) is 17.8. The second kappa shape index (κ2) is 6.76. The van der Waals surface area contributed by atoms with E-state index in [0.29, 0.717) is 6.04 Å². The Labute approximate surface area is 146 Å². The quantitative estimate of drug-likeness (QED) is 0.768. The van der Waals surface area contributed by atoms with Crippen molar-refractivity contribution < 1.29 is 4.39 Å². The molecule has 2 heterocycles. The van der Waals surface area contributed by atoms with E-state index in [0.717, 1.165) is 42.3 Å². The summed E-state index contributed by atoms with van der Waals surface area (Å²) >= 11 is 5.67. The van der Waals surface area contributed by atoms with Gasteiger partial charge in [0.05, 0.1) is 6.67 Å². The summed E-state index contributed by atoms with van der Waals surface area (Å²) in [6, 6.07) is 7.40. The molecule has 0 spiro atoms. The first-order valence-corrected chi connectivity index (χ1v) is 9.26. The number of benzene rings is 1. The van der Waals surface area contributed by atoms with Gasteiger partial charge in [0.1, 0.15) is 11.6 Å². The fourth-order valence-corrected chi connectivity index (χ4v) is 3.74. The minimum Gasteiger partial charge on any atom is -0.304 e. The number of fused-ring (bicyclic) bond motifs is 1. The van der Waals surface area contributed by atoms with Crippen LogP contribution in [0, 0.1) is 10.6 Å². The first-order valence-electron chi connectivity index (χ1n) is 8.86. The Hall–Kier alpha value is -1.53. The summed E-state index contributed by atoms with van der Waals surface area (Å²) in [5, 5.41) is 4.79. The van der Waals surface area contributed by atoms with Crippen molar-refractivity contribution in [3.63, 3.8) is 0 Å². The summed E-state index contributed by atoms with van der Waals surface area (Å²) in [6.07, 6.45) is 7.13. The zero-order valence-electron chi connectivity index (χ0n) is 13.8. The Morgan fingerprint density at radius 3 is 2.71 bits per heavy atom. The highest BCUT2D eigenvalue weighted by atomic mass is 32.1. The van der Waals surface area contributed by atoms with Crippen LogP contribution >= 0.6 is 12.2 Å². The Kier molecular flexibility index (Phi) is 4.50. The molecule has 1 aliphatic heterocycles. The van der Waals surface area contributed by atoms with E-state index in [-0.39, 0.29) is 5.82 Å². The maximum atomic E-state index is 13.1. The average Bonchev–Trinajstić information content (AvgIpc) is 3.39. The van der Waals surface area contributed by atoms with Crippen LogP contribution in [0.5, 0.6) is 0 Å². The van der Waals surface area contributed by atoms with Crippen LogP contribution in [0.1, 0.15) is 43.5 Å². The van der Waals surface area contributed by atoms with Crippen LogP contribution in [0.15, 0.2) is 24.3 Å². The Balaban J connectivity index is 1.53. The fourth-order valence-electron chi connectivity index (χ4n) is 3.45. The van der Waals surface area contributed by atoms with Crippen molar-refractivity contribution in [1.29, 1.82) is 0 Å². The molecule has 0 bridgehead atoms. The molecular weight excluding hydrogens is 323 g/mol. The molecule has 1 aliphatic carbocycles. The molecule has 0 atom stereocenters. The van der Waals surface area contributed by atoms with E-state index in [1.807, 2.05) is 16.8 Å². The molecule has 4 rings (SSSR count). The molecule has 0 radical (unpaired) electrons. The van der Waals surface area contributed by atoms with Crippen molar-refractivity contribution in [2.45, 2.75) is 64.3 Å². The molecule has 1 fully saturated rings. The Morgan fingerprint density at radius 2 is 1.96 bits per heavy atom. The van der Waals surface area contributed by atoms with Crippen molar-refractivity contribution in [2.75, 3.05) is 0 Å². The smallest absolute Gasteiger partial charge is 0.199 e. The summed E-state index contributed by atoms with van der Waals surface area (Å²) in [5.74, 6) is 0.951. The number of aromatic nitrogens is 3. The summed E-state index contributed by atoms with van der Waals surface area (Å²) in [4.78, 5) is 2.41. The third-order valence-electron chi connectivity index (χ3n) is 4.96. The van der Waals surface area contributed by atoms with Gasteiger partial charge in [-0.1, -0.05) is 18.6 Å². The standard InChI is InChI=1S/C18H23FN4S/c19-15-7-5-14(6-8-15)12-21(16-9-10-16)13-23-18(24)22-11-3-1-2-4-17(22)20-23/h5-8,16H,1-4,9-13H2. The van der Waals surface area contributed by atoms with Gasteiger partial charge in [-0.3, -0.25) is 4.90 Å². The zero-order valence-corrected chi connectivity index (χ0v) is 14.6. The maximum Gasteiger partial charge on any atom is 0.199 e. The van der Waals surface area contributed by atoms with E-state index in [4.69, 9.17) is 17.3 Å². The predicted octanol–water partition coefficient (Wildman–Crippen LogP) is 3.90. The van der Waals surface area contributed by atoms with Crippen molar-refractivity contribution in [2.24, 2.45) is 0 Å². The van der Waals surface area contributed by atoms with Gasteiger partial charge in [0.2, 0.25) is 0 Å². The van der Waals surface area contributed by atoms with Crippen molar-refractivity contribution in [1.82, 2.24) is 19.2 Å². The highest BCUT2D eigenvalue weighted by Gasteiger charge is 2.30. The molecule has 1 aromatic heterocycles. The molecule has 2 aliphatic rings. The second-order valence-electron chi connectivity index (χ2n) is 6.91. The average molecular weight is 346 g/mol. The second-order valence-corrected chi connectivity index (χ2v) is 7.27. The van der Waals surface area contributed by atoms with Gasteiger partial charge in [-0.05, 0) is 55.6 Å². The summed E-state index contributed by atoms with van der Waals surface area (Å²) in [6.45, 7) is 2.53. The molecule has 6 heteroatoms. The lowest BCUT2D eigenvalue weighted by Gasteiger charge is -2.21. The summed E-state index contributed by atoms with van der Waals surface area (Å²) in [5.41, 5.74) is 1.13. The van der Waals surface area contributed by atoms with Gasteiger partial charge >= 0.3 is 0 Å². The minimum absolute atomic E-state index is 0.184. The van der Waals surface area contributed by atoms with E-state index in [1.54, 1.807) is 0 Å². The molecule has 2 aromatic rings. The van der Waals surface area contributed by atoms with Crippen LogP contribution < -0.4 is 0 Å². The van der Waals surface area contributed by atoms with E-state index < -0.39 is 0 Å². The molecule has 128 valence electrons. The van der Waals surface area contributed by atoms with Crippen LogP contribution in [0.4, 0.5) is 4.39 Å². The number of hydrogen-bond donors (Lipinski definition) is 0. The van der Waals surface area contributed by atoms with Gasteiger partial charge in [-0.25, -0.2) is 9.07 Å². The third kappa shape index (κ3) is 3.44. The van der Waals surface area contributed by atoms with Crippen molar-refractivity contribution >= 4 is 12.2 Å². The molecular formula is C18H23FN4S. The Morgan fingerprint density at radius 1 is 1.17 bits per heavy atom. The number of hydrogen-bond acceptors (Lipinski definition) is 3. The van der Waals surface area contributed by atoms with Crippen molar-refractivity contribution in [3.05, 3.63) is 46.2 Å². The van der Waals surface area contributed by atoms with Crippen LogP contribution in [-0.2, 0) is 26.2 Å². The van der Waals surface area contributed by atoms with Crippen LogP contribution in [0.25, 0.3) is 0 Å². The molecule has 4 nitrogen and oxygen atoms in total. The van der Waals surface area contributed by atoms with Gasteiger partial charge in [-0.15, -0.1) is 0 Å². The zero-order chi connectivity index (χ0) is 16.5. The maximum absolute atomic E-state index is 13.1. The van der Waals surface area contributed by atoms with Gasteiger partial charge in [0, 0.05) is 25.6 Å². The highest BCUT2D eigenvalue weighted by molar-refractivity contribution is 7.71. The third-order valence-corrected chi connectivity index (χ3v) is 5.39. The van der Waals surface area contributed by atoms with E-state index in [9.17, 15) is 4.39 Å². The molecule has 0 saturated heterocycles. The minimum atomic E-state index is -0.184. The van der Waals surface area contributed by atoms with Gasteiger partial charge in [-0.2, -0.15) is 5.10 Å². The molecule has 1 saturated carbocycles. The lowest BCUT2D eigenvalue weighted by Crippen LogP contribution is -2.29. The van der Waals surface area contributed by atoms with E-state index in [1.165, 1.54) is 44.2 Å². The van der Waals surface area contributed by atoms with Gasteiger partial charge in [0.15, 0.2) is 4.77 Å². The molecule has 0 N–H and O–H groups in total. The number of rotatable bonds is 5. The van der Waals surface area contributed by atoms with Gasteiger partial charge < -0.3 is 4.57 Å². The molecule has 0 amide bonds. The predicted molar refractivity (Wildman–Crippen MR) is 93.6 cm³/mol. The van der Waals surface area contributed by atoms with Crippen LogP contribution in [-0.4, -0.2) is 25.3 Å². The number of halogens is 1. The first-order chi connectivity index (χ1) is 11.7. The van der Waals surface area contributed by atoms with Crippen LogP contribution in [0.2, 0.25) is 0 Å². The molecule has 0 unspecified atom stereocenters. The number of aryl methyl sites for hydroxylation is 1. The topological polar surface area (TPSA) is 26.0 Å². The van der Waals surface area contributed by atoms with E-state index >= 15 is 0 Å². The summed E-state index contributed by atoms with van der Waals surface area (Å²) < 4.78 is 18.2. The first kappa shape index (κ1) is 16.0. The number of nitrogens with zero attached hydrogens (tertiary/aromatic N) is 4. The largest absolute Gasteiger partial charge is 0.304 e. The molecule has 24 heavy (non-hydrogen) atoms.